The average Bonchev–Trinajstić information content (AvgIpc) is 2.84. The molecule has 3 nitrogen and oxygen atoms in total. The highest BCUT2D eigenvalue weighted by molar-refractivity contribution is 5.82. The molecule has 0 aliphatic carbocycles. The van der Waals surface area contributed by atoms with E-state index in [1.807, 2.05) is 29.9 Å². The Morgan fingerprint density at radius 3 is 2.55 bits per heavy atom. The minimum Gasteiger partial charge on any atom is -0.323 e. The van der Waals surface area contributed by atoms with E-state index in [0.717, 1.165) is 29.4 Å². The zero-order valence-corrected chi connectivity index (χ0v) is 11.7. The molecule has 2 N–H and O–H groups in total. The molecule has 3 heteroatoms. The SMILES string of the molecule is Cn1nc(C(N)CCc2ccccc2)c2ccccc21. The summed E-state index contributed by atoms with van der Waals surface area (Å²) >= 11 is 0. The first-order chi connectivity index (χ1) is 9.75. The van der Waals surface area contributed by atoms with Gasteiger partial charge in [-0.3, -0.25) is 4.68 Å². The largest absolute Gasteiger partial charge is 0.323 e. The monoisotopic (exact) mass is 265 g/mol. The van der Waals surface area contributed by atoms with Crippen LogP contribution in [0.15, 0.2) is 54.6 Å². The number of benzene rings is 2. The molecule has 2 aromatic carbocycles. The number of nitrogens with zero attached hydrogens (tertiary/aromatic N) is 2. The Morgan fingerprint density at radius 2 is 1.75 bits per heavy atom. The van der Waals surface area contributed by atoms with E-state index in [-0.39, 0.29) is 6.04 Å². The lowest BCUT2D eigenvalue weighted by Gasteiger charge is -2.09. The van der Waals surface area contributed by atoms with E-state index in [1.165, 1.54) is 5.56 Å². The minimum absolute atomic E-state index is 0.0266. The molecule has 0 spiro atoms. The zero-order valence-electron chi connectivity index (χ0n) is 11.7. The summed E-state index contributed by atoms with van der Waals surface area (Å²) in [4.78, 5) is 0. The second kappa shape index (κ2) is 5.47. The number of hydrogen-bond donors (Lipinski definition) is 1. The van der Waals surface area contributed by atoms with Crippen molar-refractivity contribution in [2.24, 2.45) is 12.8 Å². The first-order valence-corrected chi connectivity index (χ1v) is 6.97. The summed E-state index contributed by atoms with van der Waals surface area (Å²) in [5, 5.41) is 5.76. The Hall–Kier alpha value is -2.13. The number of rotatable bonds is 4. The molecule has 20 heavy (non-hydrogen) atoms. The van der Waals surface area contributed by atoms with Crippen molar-refractivity contribution in [3.63, 3.8) is 0 Å². The molecule has 3 aromatic rings. The van der Waals surface area contributed by atoms with Gasteiger partial charge >= 0.3 is 0 Å². The molecule has 1 aromatic heterocycles. The highest BCUT2D eigenvalue weighted by atomic mass is 15.3. The van der Waals surface area contributed by atoms with Crippen LogP contribution in [0.2, 0.25) is 0 Å². The Bertz CT molecular complexity index is 701. The highest BCUT2D eigenvalue weighted by Crippen LogP contribution is 2.24. The lowest BCUT2D eigenvalue weighted by molar-refractivity contribution is 0.618. The molecule has 0 aliphatic heterocycles. The molecule has 0 bridgehead atoms. The van der Waals surface area contributed by atoms with Crippen molar-refractivity contribution < 1.29 is 0 Å². The number of hydrogen-bond acceptors (Lipinski definition) is 2. The first-order valence-electron chi connectivity index (χ1n) is 6.97. The van der Waals surface area contributed by atoms with E-state index in [4.69, 9.17) is 5.73 Å². The van der Waals surface area contributed by atoms with Crippen LogP contribution in [0.25, 0.3) is 10.9 Å². The van der Waals surface area contributed by atoms with Gasteiger partial charge < -0.3 is 5.73 Å². The summed E-state index contributed by atoms with van der Waals surface area (Å²) in [7, 11) is 1.97. The fraction of sp³-hybridized carbons (Fsp3) is 0.235. The Kier molecular flexibility index (Phi) is 3.52. The molecular weight excluding hydrogens is 246 g/mol. The second-order valence-electron chi connectivity index (χ2n) is 5.16. The molecule has 102 valence electrons. The fourth-order valence-electron chi connectivity index (χ4n) is 2.62. The van der Waals surface area contributed by atoms with Crippen LogP contribution in [0.3, 0.4) is 0 Å². The van der Waals surface area contributed by atoms with Crippen molar-refractivity contribution in [3.8, 4) is 0 Å². The maximum atomic E-state index is 6.35. The summed E-state index contributed by atoms with van der Waals surface area (Å²) in [6, 6.07) is 18.7. The van der Waals surface area contributed by atoms with Gasteiger partial charge in [-0.15, -0.1) is 0 Å². The third kappa shape index (κ3) is 2.45. The summed E-state index contributed by atoms with van der Waals surface area (Å²) < 4.78 is 1.91. The van der Waals surface area contributed by atoms with Gasteiger partial charge in [-0.25, -0.2) is 0 Å². The Labute approximate surface area is 119 Å². The van der Waals surface area contributed by atoms with E-state index in [0.29, 0.717) is 0 Å². The van der Waals surface area contributed by atoms with Crippen LogP contribution in [0.4, 0.5) is 0 Å². The predicted molar refractivity (Wildman–Crippen MR) is 82.4 cm³/mol. The molecule has 1 heterocycles. The van der Waals surface area contributed by atoms with Gasteiger partial charge in [0.25, 0.3) is 0 Å². The van der Waals surface area contributed by atoms with Crippen LogP contribution in [-0.4, -0.2) is 9.78 Å². The second-order valence-corrected chi connectivity index (χ2v) is 5.16. The van der Waals surface area contributed by atoms with Gasteiger partial charge in [0.1, 0.15) is 0 Å². The van der Waals surface area contributed by atoms with Crippen LogP contribution >= 0.6 is 0 Å². The van der Waals surface area contributed by atoms with Crippen molar-refractivity contribution >= 4 is 10.9 Å². The van der Waals surface area contributed by atoms with E-state index < -0.39 is 0 Å². The van der Waals surface area contributed by atoms with Gasteiger partial charge in [0.05, 0.1) is 11.2 Å². The van der Waals surface area contributed by atoms with Gasteiger partial charge in [0.2, 0.25) is 0 Å². The van der Waals surface area contributed by atoms with Crippen molar-refractivity contribution in [1.29, 1.82) is 0 Å². The Morgan fingerprint density at radius 1 is 1.05 bits per heavy atom. The van der Waals surface area contributed by atoms with E-state index >= 15 is 0 Å². The maximum Gasteiger partial charge on any atom is 0.0870 e. The van der Waals surface area contributed by atoms with Crippen molar-refractivity contribution in [2.75, 3.05) is 0 Å². The van der Waals surface area contributed by atoms with Gasteiger partial charge in [-0.2, -0.15) is 5.10 Å². The topological polar surface area (TPSA) is 43.8 Å². The standard InChI is InChI=1S/C17H19N3/c1-20-16-10-6-5-9-14(16)17(19-20)15(18)12-11-13-7-3-2-4-8-13/h2-10,15H,11-12,18H2,1H3. The van der Waals surface area contributed by atoms with Crippen molar-refractivity contribution in [2.45, 2.75) is 18.9 Å². The number of aromatic nitrogens is 2. The summed E-state index contributed by atoms with van der Waals surface area (Å²) in [5.41, 5.74) is 9.80. The average molecular weight is 265 g/mol. The van der Waals surface area contributed by atoms with E-state index in [9.17, 15) is 0 Å². The summed E-state index contributed by atoms with van der Waals surface area (Å²) in [6.07, 6.45) is 1.89. The van der Waals surface area contributed by atoms with Gasteiger partial charge in [-0.1, -0.05) is 48.5 Å². The minimum atomic E-state index is -0.0266. The Balaban J connectivity index is 1.81. The van der Waals surface area contributed by atoms with Crippen LogP contribution < -0.4 is 5.73 Å². The molecule has 0 fully saturated rings. The van der Waals surface area contributed by atoms with Gasteiger partial charge in [0.15, 0.2) is 0 Å². The molecule has 3 rings (SSSR count). The number of para-hydroxylation sites is 1. The third-order valence-corrected chi connectivity index (χ3v) is 3.72. The molecule has 0 radical (unpaired) electrons. The molecule has 1 atom stereocenters. The maximum absolute atomic E-state index is 6.35. The van der Waals surface area contributed by atoms with Crippen LogP contribution in [-0.2, 0) is 13.5 Å². The normalized spacial score (nSPS) is 12.7. The van der Waals surface area contributed by atoms with Gasteiger partial charge in [0, 0.05) is 18.5 Å². The lowest BCUT2D eigenvalue weighted by Crippen LogP contribution is -2.12. The number of nitrogens with two attached hydrogens (primary N) is 1. The zero-order chi connectivity index (χ0) is 13.9. The third-order valence-electron chi connectivity index (χ3n) is 3.72. The molecule has 0 aliphatic rings. The number of aryl methyl sites for hydroxylation is 2. The number of fused-ring (bicyclic) bond motifs is 1. The summed E-state index contributed by atoms with van der Waals surface area (Å²) in [5.74, 6) is 0. The predicted octanol–water partition coefficient (Wildman–Crippen LogP) is 3.21. The molecule has 1 unspecified atom stereocenters. The van der Waals surface area contributed by atoms with E-state index in [1.54, 1.807) is 0 Å². The molecular formula is C17H19N3. The molecule has 0 saturated heterocycles. The quantitative estimate of drug-likeness (QED) is 0.787. The smallest absolute Gasteiger partial charge is 0.0870 e. The van der Waals surface area contributed by atoms with Crippen molar-refractivity contribution in [1.82, 2.24) is 9.78 Å². The fourth-order valence-corrected chi connectivity index (χ4v) is 2.62. The van der Waals surface area contributed by atoms with Gasteiger partial charge in [-0.05, 0) is 24.5 Å². The molecule has 0 saturated carbocycles. The highest BCUT2D eigenvalue weighted by Gasteiger charge is 2.14. The first kappa shape index (κ1) is 12.9. The summed E-state index contributed by atoms with van der Waals surface area (Å²) in [6.45, 7) is 0. The van der Waals surface area contributed by atoms with Crippen LogP contribution in [0, 0.1) is 0 Å². The van der Waals surface area contributed by atoms with Crippen LogP contribution in [0.5, 0.6) is 0 Å². The van der Waals surface area contributed by atoms with Crippen molar-refractivity contribution in [3.05, 3.63) is 65.9 Å². The van der Waals surface area contributed by atoms with Crippen LogP contribution in [0.1, 0.15) is 23.7 Å². The lowest BCUT2D eigenvalue weighted by atomic mass is 10.0. The van der Waals surface area contributed by atoms with E-state index in [2.05, 4.69) is 41.5 Å². The molecule has 0 amide bonds.